The highest BCUT2D eigenvalue weighted by atomic mass is 16.5. The van der Waals surface area contributed by atoms with Crippen molar-refractivity contribution in [2.24, 2.45) is 7.05 Å². The predicted molar refractivity (Wildman–Crippen MR) is 74.5 cm³/mol. The molecule has 108 valence electrons. The summed E-state index contributed by atoms with van der Waals surface area (Å²) in [6, 6.07) is 2.03. The summed E-state index contributed by atoms with van der Waals surface area (Å²) in [7, 11) is 5.25. The maximum Gasteiger partial charge on any atom is 0.178 e. The molecule has 0 aromatic carbocycles. The van der Waals surface area contributed by atoms with Gasteiger partial charge in [-0.15, -0.1) is 0 Å². The molecule has 1 aromatic heterocycles. The topological polar surface area (TPSA) is 43.7 Å². The number of carbonyl (C=O) groups excluding carboxylic acids is 1. The number of nitrogens with zero attached hydrogens (tertiary/aromatic N) is 2. The van der Waals surface area contributed by atoms with Gasteiger partial charge in [-0.2, -0.15) is 0 Å². The third-order valence-corrected chi connectivity index (χ3v) is 3.11. The van der Waals surface area contributed by atoms with E-state index in [0.717, 1.165) is 12.1 Å². The van der Waals surface area contributed by atoms with E-state index < -0.39 is 0 Å². The van der Waals surface area contributed by atoms with E-state index in [1.54, 1.807) is 14.2 Å². The smallest absolute Gasteiger partial charge is 0.178 e. The molecule has 0 saturated carbocycles. The number of rotatable bonds is 9. The van der Waals surface area contributed by atoms with Gasteiger partial charge in [0.15, 0.2) is 5.78 Å². The molecular weight excluding hydrogens is 244 g/mol. The van der Waals surface area contributed by atoms with E-state index >= 15 is 0 Å². The molecule has 0 radical (unpaired) electrons. The summed E-state index contributed by atoms with van der Waals surface area (Å²) in [5, 5.41) is 0. The molecule has 19 heavy (non-hydrogen) atoms. The van der Waals surface area contributed by atoms with Crippen molar-refractivity contribution in [2.75, 3.05) is 40.5 Å². The number of aryl methyl sites for hydroxylation is 1. The van der Waals surface area contributed by atoms with Crippen molar-refractivity contribution in [3.8, 4) is 0 Å². The number of carbonyl (C=O) groups is 1. The number of methoxy groups -OCH3 is 2. The van der Waals surface area contributed by atoms with Gasteiger partial charge in [0.2, 0.25) is 0 Å². The van der Waals surface area contributed by atoms with Crippen LogP contribution < -0.4 is 0 Å². The molecule has 5 heteroatoms. The Morgan fingerprint density at radius 3 is 2.68 bits per heavy atom. The fourth-order valence-electron chi connectivity index (χ4n) is 1.95. The molecule has 0 fully saturated rings. The first kappa shape index (κ1) is 15.9. The highest BCUT2D eigenvalue weighted by Crippen LogP contribution is 2.06. The zero-order valence-electron chi connectivity index (χ0n) is 12.3. The fraction of sp³-hybridized carbons (Fsp3) is 0.643. The van der Waals surface area contributed by atoms with Crippen LogP contribution in [0.4, 0.5) is 0 Å². The molecule has 0 amide bonds. The van der Waals surface area contributed by atoms with Crippen LogP contribution in [0.3, 0.4) is 0 Å². The molecular formula is C14H24N2O3. The van der Waals surface area contributed by atoms with Gasteiger partial charge in [-0.3, -0.25) is 9.69 Å². The molecule has 0 N–H and O–H groups in total. The monoisotopic (exact) mass is 268 g/mol. The third kappa shape index (κ3) is 5.14. The SMILES string of the molecule is COCCN(CC(=O)c1ccn(C)c1)C(C)COC. The van der Waals surface area contributed by atoms with Crippen LogP contribution in [0.5, 0.6) is 0 Å². The lowest BCUT2D eigenvalue weighted by atomic mass is 10.2. The lowest BCUT2D eigenvalue weighted by Crippen LogP contribution is -2.41. The number of hydrogen-bond donors (Lipinski definition) is 0. The second-order valence-electron chi connectivity index (χ2n) is 4.76. The first-order chi connectivity index (χ1) is 9.08. The van der Waals surface area contributed by atoms with Crippen molar-refractivity contribution in [1.82, 2.24) is 9.47 Å². The molecule has 0 aliphatic rings. The Kier molecular flexibility index (Phi) is 6.77. The maximum atomic E-state index is 12.2. The summed E-state index contributed by atoms with van der Waals surface area (Å²) >= 11 is 0. The molecule has 0 aliphatic carbocycles. The van der Waals surface area contributed by atoms with E-state index in [-0.39, 0.29) is 11.8 Å². The van der Waals surface area contributed by atoms with Gasteiger partial charge in [-0.1, -0.05) is 0 Å². The second-order valence-corrected chi connectivity index (χ2v) is 4.76. The minimum atomic E-state index is 0.125. The fourth-order valence-corrected chi connectivity index (χ4v) is 1.95. The van der Waals surface area contributed by atoms with Crippen molar-refractivity contribution in [3.63, 3.8) is 0 Å². The van der Waals surface area contributed by atoms with Gasteiger partial charge in [-0.05, 0) is 13.0 Å². The van der Waals surface area contributed by atoms with Gasteiger partial charge in [0.1, 0.15) is 0 Å². The molecule has 1 atom stereocenters. The molecule has 1 rings (SSSR count). The number of hydrogen-bond acceptors (Lipinski definition) is 4. The summed E-state index contributed by atoms with van der Waals surface area (Å²) in [4.78, 5) is 14.3. The Morgan fingerprint density at radius 1 is 1.42 bits per heavy atom. The Balaban J connectivity index is 2.62. The summed E-state index contributed by atoms with van der Waals surface area (Å²) < 4.78 is 12.1. The lowest BCUT2D eigenvalue weighted by molar-refractivity contribution is 0.0651. The number of ether oxygens (including phenoxy) is 2. The van der Waals surface area contributed by atoms with Crippen LogP contribution in [-0.2, 0) is 16.5 Å². The lowest BCUT2D eigenvalue weighted by Gasteiger charge is -2.27. The van der Waals surface area contributed by atoms with Gasteiger partial charge in [0, 0.05) is 51.8 Å². The van der Waals surface area contributed by atoms with E-state index in [9.17, 15) is 4.79 Å². The van der Waals surface area contributed by atoms with Crippen LogP contribution in [0.2, 0.25) is 0 Å². The second kappa shape index (κ2) is 8.09. The zero-order valence-corrected chi connectivity index (χ0v) is 12.3. The maximum absolute atomic E-state index is 12.2. The summed E-state index contributed by atoms with van der Waals surface area (Å²) in [6.45, 7) is 4.37. The van der Waals surface area contributed by atoms with Gasteiger partial charge < -0.3 is 14.0 Å². The van der Waals surface area contributed by atoms with Crippen molar-refractivity contribution >= 4 is 5.78 Å². The molecule has 0 saturated heterocycles. The average molecular weight is 268 g/mol. The Bertz CT molecular complexity index is 390. The van der Waals surface area contributed by atoms with Gasteiger partial charge in [-0.25, -0.2) is 0 Å². The highest BCUT2D eigenvalue weighted by Gasteiger charge is 2.18. The number of aromatic nitrogens is 1. The van der Waals surface area contributed by atoms with Crippen LogP contribution in [-0.4, -0.2) is 61.8 Å². The molecule has 1 unspecified atom stereocenters. The van der Waals surface area contributed by atoms with E-state index in [2.05, 4.69) is 11.8 Å². The van der Waals surface area contributed by atoms with Crippen LogP contribution in [0.15, 0.2) is 18.5 Å². The van der Waals surface area contributed by atoms with Gasteiger partial charge >= 0.3 is 0 Å². The Morgan fingerprint density at radius 2 is 2.16 bits per heavy atom. The van der Waals surface area contributed by atoms with E-state index in [4.69, 9.17) is 9.47 Å². The van der Waals surface area contributed by atoms with Crippen molar-refractivity contribution in [3.05, 3.63) is 24.0 Å². The molecule has 1 heterocycles. The van der Waals surface area contributed by atoms with Crippen LogP contribution >= 0.6 is 0 Å². The molecule has 5 nitrogen and oxygen atoms in total. The minimum Gasteiger partial charge on any atom is -0.383 e. The van der Waals surface area contributed by atoms with Crippen LogP contribution in [0.1, 0.15) is 17.3 Å². The average Bonchev–Trinajstić information content (AvgIpc) is 2.81. The first-order valence-electron chi connectivity index (χ1n) is 6.45. The predicted octanol–water partition coefficient (Wildman–Crippen LogP) is 1.19. The van der Waals surface area contributed by atoms with Crippen molar-refractivity contribution < 1.29 is 14.3 Å². The molecule has 0 aliphatic heterocycles. The van der Waals surface area contributed by atoms with E-state index in [0.29, 0.717) is 19.8 Å². The van der Waals surface area contributed by atoms with Crippen molar-refractivity contribution in [1.29, 1.82) is 0 Å². The quantitative estimate of drug-likeness (QED) is 0.631. The Hall–Kier alpha value is -1.17. The van der Waals surface area contributed by atoms with Crippen LogP contribution in [0.25, 0.3) is 0 Å². The normalized spacial score (nSPS) is 12.9. The third-order valence-electron chi connectivity index (χ3n) is 3.11. The van der Waals surface area contributed by atoms with E-state index in [1.807, 2.05) is 30.1 Å². The first-order valence-corrected chi connectivity index (χ1v) is 6.45. The largest absolute Gasteiger partial charge is 0.383 e. The molecule has 0 bridgehead atoms. The van der Waals surface area contributed by atoms with E-state index in [1.165, 1.54) is 0 Å². The summed E-state index contributed by atoms with van der Waals surface area (Å²) in [6.07, 6.45) is 3.73. The van der Waals surface area contributed by atoms with Gasteiger partial charge in [0.25, 0.3) is 0 Å². The van der Waals surface area contributed by atoms with Gasteiger partial charge in [0.05, 0.1) is 19.8 Å². The molecule has 0 spiro atoms. The van der Waals surface area contributed by atoms with Crippen molar-refractivity contribution in [2.45, 2.75) is 13.0 Å². The highest BCUT2D eigenvalue weighted by molar-refractivity contribution is 5.97. The summed E-state index contributed by atoms with van der Waals surface area (Å²) in [5.74, 6) is 0.125. The minimum absolute atomic E-state index is 0.125. The van der Waals surface area contributed by atoms with Crippen LogP contribution in [0, 0.1) is 0 Å². The standard InChI is InChI=1S/C14H24N2O3/c1-12(11-19-4)16(7-8-18-3)10-14(17)13-5-6-15(2)9-13/h5-6,9,12H,7-8,10-11H2,1-4H3. The Labute approximate surface area is 115 Å². The summed E-state index contributed by atoms with van der Waals surface area (Å²) in [5.41, 5.74) is 0.745. The molecule has 1 aromatic rings. The number of ketones is 1. The zero-order chi connectivity index (χ0) is 14.3. The number of Topliss-reactive ketones (excluding diaryl/α,β-unsaturated/α-hetero) is 1.